The molecule has 0 rings (SSSR count). The Hall–Kier alpha value is -0.610. The zero-order chi connectivity index (χ0) is 10.4. The zero-order valence-electron chi connectivity index (χ0n) is 8.70. The number of carboxylic acid groups (broad SMARTS) is 1. The fourth-order valence-corrected chi connectivity index (χ4v) is 1.11. The van der Waals surface area contributed by atoms with Crippen LogP contribution >= 0.6 is 0 Å². The first-order valence-electron chi connectivity index (χ1n) is 4.46. The molecule has 4 nitrogen and oxygen atoms in total. The van der Waals surface area contributed by atoms with Crippen LogP contribution in [-0.2, 0) is 9.53 Å². The van der Waals surface area contributed by atoms with Crippen LogP contribution < -0.4 is 5.32 Å². The number of ether oxygens (including phenoxy) is 1. The average molecular weight is 189 g/mol. The molecule has 2 N–H and O–H groups in total. The van der Waals surface area contributed by atoms with Gasteiger partial charge in [-0.1, -0.05) is 6.92 Å². The number of carboxylic acids is 1. The van der Waals surface area contributed by atoms with Gasteiger partial charge in [0.2, 0.25) is 0 Å². The number of carbonyl (C=O) groups is 1. The van der Waals surface area contributed by atoms with Crippen molar-refractivity contribution < 1.29 is 14.6 Å². The number of nitrogens with one attached hydrogen (secondary N) is 1. The molecule has 0 amide bonds. The van der Waals surface area contributed by atoms with Gasteiger partial charge in [0.1, 0.15) is 0 Å². The van der Waals surface area contributed by atoms with Gasteiger partial charge >= 0.3 is 5.97 Å². The molecule has 0 spiro atoms. The van der Waals surface area contributed by atoms with Crippen LogP contribution in [-0.4, -0.2) is 36.9 Å². The highest BCUT2D eigenvalue weighted by atomic mass is 16.5. The molecule has 0 saturated carbocycles. The molecule has 78 valence electrons. The van der Waals surface area contributed by atoms with E-state index in [-0.39, 0.29) is 18.0 Å². The highest BCUT2D eigenvalue weighted by Gasteiger charge is 2.20. The van der Waals surface area contributed by atoms with Gasteiger partial charge in [-0.25, -0.2) is 0 Å². The van der Waals surface area contributed by atoms with Gasteiger partial charge in [0.05, 0.1) is 12.5 Å². The minimum atomic E-state index is -0.774. The summed E-state index contributed by atoms with van der Waals surface area (Å²) in [6.07, 6.45) is 0. The molecule has 13 heavy (non-hydrogen) atoms. The van der Waals surface area contributed by atoms with Crippen LogP contribution in [0, 0.1) is 5.92 Å². The van der Waals surface area contributed by atoms with E-state index in [1.54, 1.807) is 14.0 Å². The van der Waals surface area contributed by atoms with Crippen molar-refractivity contribution in [2.75, 3.05) is 13.7 Å². The van der Waals surface area contributed by atoms with Crippen molar-refractivity contribution in [1.82, 2.24) is 5.32 Å². The van der Waals surface area contributed by atoms with Crippen molar-refractivity contribution in [3.8, 4) is 0 Å². The van der Waals surface area contributed by atoms with Crippen LogP contribution in [0.4, 0.5) is 0 Å². The van der Waals surface area contributed by atoms with E-state index < -0.39 is 5.97 Å². The van der Waals surface area contributed by atoms with Crippen molar-refractivity contribution in [2.45, 2.75) is 32.9 Å². The Morgan fingerprint density at radius 3 is 2.38 bits per heavy atom. The molecule has 0 saturated heterocycles. The van der Waals surface area contributed by atoms with Gasteiger partial charge in [-0.2, -0.15) is 0 Å². The lowest BCUT2D eigenvalue weighted by atomic mass is 10.0. The van der Waals surface area contributed by atoms with Gasteiger partial charge in [-0.3, -0.25) is 4.79 Å². The maximum atomic E-state index is 10.6. The zero-order valence-corrected chi connectivity index (χ0v) is 8.70. The van der Waals surface area contributed by atoms with Crippen LogP contribution in [0.5, 0.6) is 0 Å². The molecule has 0 aromatic rings. The highest BCUT2D eigenvalue weighted by Crippen LogP contribution is 2.03. The van der Waals surface area contributed by atoms with E-state index in [2.05, 4.69) is 5.32 Å². The first kappa shape index (κ1) is 12.4. The Bertz CT molecular complexity index is 161. The van der Waals surface area contributed by atoms with E-state index >= 15 is 0 Å². The van der Waals surface area contributed by atoms with Gasteiger partial charge in [-0.05, 0) is 13.8 Å². The van der Waals surface area contributed by atoms with Crippen molar-refractivity contribution in [2.24, 2.45) is 5.92 Å². The van der Waals surface area contributed by atoms with E-state index in [1.807, 2.05) is 13.8 Å². The predicted molar refractivity (Wildman–Crippen MR) is 50.7 cm³/mol. The molecule has 3 unspecified atom stereocenters. The molecule has 0 fully saturated rings. The molecular weight excluding hydrogens is 170 g/mol. The average Bonchev–Trinajstić information content (AvgIpc) is 2.03. The Morgan fingerprint density at radius 2 is 2.00 bits per heavy atom. The summed E-state index contributed by atoms with van der Waals surface area (Å²) in [6, 6.07) is 0.143. The van der Waals surface area contributed by atoms with Gasteiger partial charge in [0.15, 0.2) is 0 Å². The maximum Gasteiger partial charge on any atom is 0.307 e. The molecule has 3 atom stereocenters. The second-order valence-corrected chi connectivity index (χ2v) is 3.44. The molecular formula is C9H19NO3. The molecule has 0 radical (unpaired) electrons. The summed E-state index contributed by atoms with van der Waals surface area (Å²) in [5.41, 5.74) is 0. The topological polar surface area (TPSA) is 58.6 Å². The quantitative estimate of drug-likeness (QED) is 0.646. The third-order valence-corrected chi connectivity index (χ3v) is 2.10. The lowest BCUT2D eigenvalue weighted by Gasteiger charge is -2.22. The van der Waals surface area contributed by atoms with Gasteiger partial charge < -0.3 is 15.2 Å². The summed E-state index contributed by atoms with van der Waals surface area (Å²) in [5.74, 6) is -1.15. The van der Waals surface area contributed by atoms with Crippen LogP contribution in [0.15, 0.2) is 0 Å². The van der Waals surface area contributed by atoms with E-state index in [4.69, 9.17) is 9.84 Å². The van der Waals surface area contributed by atoms with Crippen molar-refractivity contribution in [3.63, 3.8) is 0 Å². The first-order chi connectivity index (χ1) is 5.99. The van der Waals surface area contributed by atoms with Crippen molar-refractivity contribution >= 4 is 5.97 Å². The Kier molecular flexibility index (Phi) is 5.66. The summed E-state index contributed by atoms with van der Waals surface area (Å²) in [7, 11) is 1.63. The minimum Gasteiger partial charge on any atom is -0.481 e. The SMILES string of the molecule is COCC(C)NC(C)C(C)C(=O)O. The van der Waals surface area contributed by atoms with Crippen molar-refractivity contribution in [3.05, 3.63) is 0 Å². The second-order valence-electron chi connectivity index (χ2n) is 3.44. The molecule has 4 heteroatoms. The molecule has 0 aromatic carbocycles. The van der Waals surface area contributed by atoms with E-state index in [0.717, 1.165) is 0 Å². The van der Waals surface area contributed by atoms with Crippen LogP contribution in [0.3, 0.4) is 0 Å². The summed E-state index contributed by atoms with van der Waals surface area (Å²) in [6.45, 7) is 6.12. The summed E-state index contributed by atoms with van der Waals surface area (Å²) >= 11 is 0. The summed E-state index contributed by atoms with van der Waals surface area (Å²) < 4.78 is 4.93. The number of rotatable bonds is 6. The monoisotopic (exact) mass is 189 g/mol. The molecule has 0 bridgehead atoms. The molecule has 0 aliphatic heterocycles. The van der Waals surface area contributed by atoms with Crippen LogP contribution in [0.25, 0.3) is 0 Å². The highest BCUT2D eigenvalue weighted by molar-refractivity contribution is 5.70. The van der Waals surface area contributed by atoms with E-state index in [9.17, 15) is 4.79 Å². The molecule has 0 heterocycles. The Labute approximate surface area is 79.3 Å². The number of aliphatic carboxylic acids is 1. The van der Waals surface area contributed by atoms with E-state index in [1.165, 1.54) is 0 Å². The smallest absolute Gasteiger partial charge is 0.307 e. The van der Waals surface area contributed by atoms with Gasteiger partial charge in [-0.15, -0.1) is 0 Å². The Morgan fingerprint density at radius 1 is 1.46 bits per heavy atom. The Balaban J connectivity index is 3.84. The fraction of sp³-hybridized carbons (Fsp3) is 0.889. The predicted octanol–water partition coefficient (Wildman–Crippen LogP) is 0.720. The van der Waals surface area contributed by atoms with Crippen LogP contribution in [0.1, 0.15) is 20.8 Å². The van der Waals surface area contributed by atoms with Gasteiger partial charge in [0, 0.05) is 19.2 Å². The minimum absolute atomic E-state index is 0.0392. The summed E-state index contributed by atoms with van der Waals surface area (Å²) in [5, 5.41) is 11.9. The fourth-order valence-electron chi connectivity index (χ4n) is 1.11. The number of hydrogen-bond acceptors (Lipinski definition) is 3. The largest absolute Gasteiger partial charge is 0.481 e. The molecule has 0 aliphatic rings. The maximum absolute atomic E-state index is 10.6. The third kappa shape index (κ3) is 4.85. The van der Waals surface area contributed by atoms with Gasteiger partial charge in [0.25, 0.3) is 0 Å². The van der Waals surface area contributed by atoms with E-state index in [0.29, 0.717) is 6.61 Å². The third-order valence-electron chi connectivity index (χ3n) is 2.10. The lowest BCUT2D eigenvalue weighted by Crippen LogP contribution is -2.43. The van der Waals surface area contributed by atoms with Crippen molar-refractivity contribution in [1.29, 1.82) is 0 Å². The number of hydrogen-bond donors (Lipinski definition) is 2. The first-order valence-corrected chi connectivity index (χ1v) is 4.46. The molecule has 0 aromatic heterocycles. The number of methoxy groups -OCH3 is 1. The standard InChI is InChI=1S/C9H19NO3/c1-6(5-13-4)10-8(3)7(2)9(11)12/h6-8,10H,5H2,1-4H3,(H,11,12). The van der Waals surface area contributed by atoms with Crippen LogP contribution in [0.2, 0.25) is 0 Å². The lowest BCUT2D eigenvalue weighted by molar-refractivity contribution is -0.142. The normalized spacial score (nSPS) is 17.8. The molecule has 0 aliphatic carbocycles. The second kappa shape index (κ2) is 5.94. The summed E-state index contributed by atoms with van der Waals surface area (Å²) in [4.78, 5) is 10.6.